The largest absolute Gasteiger partial charge is 0.460 e. The average Bonchev–Trinajstić information content (AvgIpc) is 2.39. The van der Waals surface area contributed by atoms with E-state index in [2.05, 4.69) is 20.9 Å². The van der Waals surface area contributed by atoms with Crippen LogP contribution >= 0.6 is 15.9 Å². The maximum absolute atomic E-state index is 11.7. The summed E-state index contributed by atoms with van der Waals surface area (Å²) in [6, 6.07) is 9.11. The lowest BCUT2D eigenvalue weighted by atomic mass is 10.1. The van der Waals surface area contributed by atoms with Crippen LogP contribution in [0.2, 0.25) is 0 Å². The molecule has 1 aromatic carbocycles. The average molecular weight is 321 g/mol. The molecule has 0 atom stereocenters. The van der Waals surface area contributed by atoms with Crippen LogP contribution in [0, 0.1) is 0 Å². The van der Waals surface area contributed by atoms with Crippen molar-refractivity contribution >= 4 is 27.6 Å². The lowest BCUT2D eigenvalue weighted by Gasteiger charge is -2.06. The standard InChI is InChI=1S/C14H13BrN2O2/c15-12-5-10(7-17-8-12)9-19-14(18)6-11-3-1-2-4-13(11)16/h1-5,7-8H,6,9,16H2. The predicted octanol–water partition coefficient (Wildman–Crippen LogP) is 2.71. The molecule has 0 saturated carbocycles. The Balaban J connectivity index is 1.90. The molecular weight excluding hydrogens is 308 g/mol. The summed E-state index contributed by atoms with van der Waals surface area (Å²) in [6.45, 7) is 0.206. The van der Waals surface area contributed by atoms with E-state index in [0.29, 0.717) is 5.69 Å². The smallest absolute Gasteiger partial charge is 0.310 e. The number of hydrogen-bond donors (Lipinski definition) is 1. The molecule has 2 N–H and O–H groups in total. The van der Waals surface area contributed by atoms with E-state index in [9.17, 15) is 4.79 Å². The molecule has 0 amide bonds. The molecule has 0 fully saturated rings. The van der Waals surface area contributed by atoms with Crippen LogP contribution in [0.3, 0.4) is 0 Å². The molecule has 2 rings (SSSR count). The molecule has 1 aromatic heterocycles. The van der Waals surface area contributed by atoms with E-state index in [-0.39, 0.29) is 19.0 Å². The lowest BCUT2D eigenvalue weighted by molar-refractivity contribution is -0.144. The van der Waals surface area contributed by atoms with E-state index in [1.165, 1.54) is 0 Å². The van der Waals surface area contributed by atoms with Gasteiger partial charge in [0.2, 0.25) is 0 Å². The van der Waals surface area contributed by atoms with Crippen LogP contribution in [0.25, 0.3) is 0 Å². The second-order valence-electron chi connectivity index (χ2n) is 4.05. The van der Waals surface area contributed by atoms with Gasteiger partial charge in [-0.15, -0.1) is 0 Å². The summed E-state index contributed by atoms with van der Waals surface area (Å²) < 4.78 is 6.04. The van der Waals surface area contributed by atoms with Gasteiger partial charge in [-0.05, 0) is 33.6 Å². The summed E-state index contributed by atoms with van der Waals surface area (Å²) in [5.41, 5.74) is 7.99. The zero-order valence-corrected chi connectivity index (χ0v) is 11.8. The van der Waals surface area contributed by atoms with Crippen LogP contribution < -0.4 is 5.73 Å². The van der Waals surface area contributed by atoms with Crippen LogP contribution in [0.5, 0.6) is 0 Å². The van der Waals surface area contributed by atoms with Crippen molar-refractivity contribution in [2.24, 2.45) is 0 Å². The van der Waals surface area contributed by atoms with E-state index in [0.717, 1.165) is 15.6 Å². The number of carbonyl (C=O) groups is 1. The van der Waals surface area contributed by atoms with E-state index < -0.39 is 0 Å². The highest BCUT2D eigenvalue weighted by atomic mass is 79.9. The van der Waals surface area contributed by atoms with Crippen molar-refractivity contribution in [2.75, 3.05) is 5.73 Å². The summed E-state index contributed by atoms with van der Waals surface area (Å²) in [7, 11) is 0. The Hall–Kier alpha value is -1.88. The minimum atomic E-state index is -0.308. The number of nitrogens with two attached hydrogens (primary N) is 1. The molecule has 0 aliphatic carbocycles. The van der Waals surface area contributed by atoms with Gasteiger partial charge in [0.15, 0.2) is 0 Å². The number of pyridine rings is 1. The number of aromatic nitrogens is 1. The molecule has 2 aromatic rings. The number of hydrogen-bond acceptors (Lipinski definition) is 4. The van der Waals surface area contributed by atoms with Crippen molar-refractivity contribution < 1.29 is 9.53 Å². The van der Waals surface area contributed by atoms with Crippen molar-refractivity contribution in [1.82, 2.24) is 4.98 Å². The maximum atomic E-state index is 11.7. The van der Waals surface area contributed by atoms with E-state index in [4.69, 9.17) is 10.5 Å². The fourth-order valence-electron chi connectivity index (χ4n) is 1.60. The van der Waals surface area contributed by atoms with Gasteiger partial charge in [-0.1, -0.05) is 18.2 Å². The third-order valence-corrected chi connectivity index (χ3v) is 2.98. The number of ether oxygens (including phenoxy) is 1. The monoisotopic (exact) mass is 320 g/mol. The van der Waals surface area contributed by atoms with Gasteiger partial charge in [0.1, 0.15) is 6.61 Å². The van der Waals surface area contributed by atoms with Crippen LogP contribution in [0.1, 0.15) is 11.1 Å². The molecule has 0 spiro atoms. The molecular formula is C14H13BrN2O2. The molecule has 0 saturated heterocycles. The van der Waals surface area contributed by atoms with Gasteiger partial charge < -0.3 is 10.5 Å². The fraction of sp³-hybridized carbons (Fsp3) is 0.143. The van der Waals surface area contributed by atoms with E-state index >= 15 is 0 Å². The summed E-state index contributed by atoms with van der Waals surface area (Å²) >= 11 is 3.31. The SMILES string of the molecule is Nc1ccccc1CC(=O)OCc1cncc(Br)c1. The van der Waals surface area contributed by atoms with Crippen molar-refractivity contribution in [3.05, 3.63) is 58.3 Å². The first-order chi connectivity index (χ1) is 9.15. The highest BCUT2D eigenvalue weighted by molar-refractivity contribution is 9.10. The lowest BCUT2D eigenvalue weighted by Crippen LogP contribution is -2.09. The second-order valence-corrected chi connectivity index (χ2v) is 4.96. The zero-order valence-electron chi connectivity index (χ0n) is 10.2. The number of esters is 1. The minimum absolute atomic E-state index is 0.175. The first-order valence-corrected chi connectivity index (χ1v) is 6.53. The molecule has 98 valence electrons. The van der Waals surface area contributed by atoms with Crippen molar-refractivity contribution in [1.29, 1.82) is 0 Å². The fourth-order valence-corrected chi connectivity index (χ4v) is 2.01. The van der Waals surface area contributed by atoms with Gasteiger partial charge in [-0.3, -0.25) is 9.78 Å². The van der Waals surface area contributed by atoms with Gasteiger partial charge in [0.05, 0.1) is 6.42 Å². The molecule has 0 aliphatic rings. The van der Waals surface area contributed by atoms with Crippen LogP contribution in [-0.2, 0) is 22.6 Å². The number of nitrogens with zero attached hydrogens (tertiary/aromatic N) is 1. The Morgan fingerprint density at radius 1 is 1.32 bits per heavy atom. The third-order valence-electron chi connectivity index (χ3n) is 2.55. The highest BCUT2D eigenvalue weighted by Gasteiger charge is 2.07. The Labute approximate surface area is 119 Å². The molecule has 19 heavy (non-hydrogen) atoms. The Morgan fingerprint density at radius 3 is 2.84 bits per heavy atom. The number of rotatable bonds is 4. The maximum Gasteiger partial charge on any atom is 0.310 e. The van der Waals surface area contributed by atoms with Gasteiger partial charge in [-0.25, -0.2) is 0 Å². The molecule has 0 bridgehead atoms. The number of halogens is 1. The summed E-state index contributed by atoms with van der Waals surface area (Å²) in [5, 5.41) is 0. The topological polar surface area (TPSA) is 65.2 Å². The first-order valence-electron chi connectivity index (χ1n) is 5.73. The number of anilines is 1. The number of para-hydroxylation sites is 1. The predicted molar refractivity (Wildman–Crippen MR) is 76.3 cm³/mol. The van der Waals surface area contributed by atoms with Crippen LogP contribution in [-0.4, -0.2) is 11.0 Å². The summed E-state index contributed by atoms with van der Waals surface area (Å²) in [6.07, 6.45) is 3.51. The quantitative estimate of drug-likeness (QED) is 0.695. The first kappa shape index (κ1) is 13.5. The van der Waals surface area contributed by atoms with Crippen molar-refractivity contribution in [2.45, 2.75) is 13.0 Å². The molecule has 4 nitrogen and oxygen atoms in total. The Bertz CT molecular complexity index is 587. The molecule has 0 aliphatic heterocycles. The summed E-state index contributed by atoms with van der Waals surface area (Å²) in [5.74, 6) is -0.308. The minimum Gasteiger partial charge on any atom is -0.460 e. The number of benzene rings is 1. The zero-order chi connectivity index (χ0) is 13.7. The summed E-state index contributed by atoms with van der Waals surface area (Å²) in [4.78, 5) is 15.7. The van der Waals surface area contributed by atoms with Crippen molar-refractivity contribution in [3.63, 3.8) is 0 Å². The van der Waals surface area contributed by atoms with E-state index in [1.54, 1.807) is 18.5 Å². The Morgan fingerprint density at radius 2 is 2.11 bits per heavy atom. The normalized spacial score (nSPS) is 10.2. The van der Waals surface area contributed by atoms with Crippen LogP contribution in [0.15, 0.2) is 47.2 Å². The third kappa shape index (κ3) is 4.06. The van der Waals surface area contributed by atoms with Gasteiger partial charge in [0, 0.05) is 28.1 Å². The Kier molecular flexibility index (Phi) is 4.52. The molecule has 5 heteroatoms. The molecule has 0 radical (unpaired) electrons. The number of carbonyl (C=O) groups excluding carboxylic acids is 1. The molecule has 1 heterocycles. The van der Waals surface area contributed by atoms with Gasteiger partial charge >= 0.3 is 5.97 Å². The number of nitrogen functional groups attached to an aromatic ring is 1. The van der Waals surface area contributed by atoms with E-state index in [1.807, 2.05) is 24.3 Å². The van der Waals surface area contributed by atoms with Gasteiger partial charge in [0.25, 0.3) is 0 Å². The van der Waals surface area contributed by atoms with Crippen LogP contribution in [0.4, 0.5) is 5.69 Å². The highest BCUT2D eigenvalue weighted by Crippen LogP contribution is 2.13. The molecule has 0 unspecified atom stereocenters. The van der Waals surface area contributed by atoms with Gasteiger partial charge in [-0.2, -0.15) is 0 Å². The van der Waals surface area contributed by atoms with Crippen molar-refractivity contribution in [3.8, 4) is 0 Å². The second kappa shape index (κ2) is 6.33.